The summed E-state index contributed by atoms with van der Waals surface area (Å²) in [5, 5.41) is 14.9. The van der Waals surface area contributed by atoms with Crippen LogP contribution in [0.5, 0.6) is 0 Å². The molecule has 0 amide bonds. The highest BCUT2D eigenvalue weighted by Gasteiger charge is 2.40. The predicted octanol–water partition coefficient (Wildman–Crippen LogP) is 4.37. The van der Waals surface area contributed by atoms with Crippen molar-refractivity contribution in [2.75, 3.05) is 0 Å². The minimum Gasteiger partial charge on any atom is -0.450 e. The third kappa shape index (κ3) is 7.59. The van der Waals surface area contributed by atoms with E-state index in [-0.39, 0.29) is 17.5 Å². The van der Waals surface area contributed by atoms with Crippen molar-refractivity contribution in [3.63, 3.8) is 0 Å². The lowest BCUT2D eigenvalue weighted by Crippen LogP contribution is -2.24. The fraction of sp³-hybridized carbons (Fsp3) is 0.211. The highest BCUT2D eigenvalue weighted by Crippen LogP contribution is 2.41. The molecule has 0 heterocycles. The molecule has 1 aliphatic rings. The first-order chi connectivity index (χ1) is 13.5. The van der Waals surface area contributed by atoms with Crippen molar-refractivity contribution >= 4 is 22.3 Å². The number of nitrogens with one attached hydrogen (secondary N) is 1. The Hall–Kier alpha value is -2.85. The lowest BCUT2D eigenvalue weighted by Gasteiger charge is -2.07. The van der Waals surface area contributed by atoms with Gasteiger partial charge in [0.2, 0.25) is 10.0 Å². The Morgan fingerprint density at radius 1 is 1.07 bits per heavy atom. The van der Waals surface area contributed by atoms with Gasteiger partial charge in [-0.2, -0.15) is 13.2 Å². The van der Waals surface area contributed by atoms with Gasteiger partial charge in [0.1, 0.15) is 0 Å². The molecule has 0 radical (unpaired) electrons. The number of hydrogen-bond acceptors (Lipinski definition) is 3. The van der Waals surface area contributed by atoms with E-state index in [4.69, 9.17) is 15.0 Å². The summed E-state index contributed by atoms with van der Waals surface area (Å²) in [6.07, 6.45) is -4.42. The van der Waals surface area contributed by atoms with Gasteiger partial charge in [-0.1, -0.05) is 42.5 Å². The van der Waals surface area contributed by atoms with E-state index in [2.05, 4.69) is 4.72 Å². The second kappa shape index (κ2) is 9.10. The van der Waals surface area contributed by atoms with E-state index in [1.807, 2.05) is 30.3 Å². The summed E-state index contributed by atoms with van der Waals surface area (Å²) in [4.78, 5) is 8.56. The fourth-order valence-corrected chi connectivity index (χ4v) is 3.73. The standard InChI is InChI=1S/C18H16F3NO2S.CH2O3/c19-18(20,21)15-8-4-5-13(11-15)9-10-25(23,24)22-17-12-16(17)14-6-2-1-3-7-14;2-1(3)4/h1-11,16-17,22H,12H2;(H2,2,3,4)/b10-9+;/t16-,17+;/m1./s1. The molecule has 156 valence electrons. The van der Waals surface area contributed by atoms with Crippen LogP contribution in [0.2, 0.25) is 0 Å². The Morgan fingerprint density at radius 2 is 1.69 bits per heavy atom. The maximum Gasteiger partial charge on any atom is 0.503 e. The molecule has 3 N–H and O–H groups in total. The normalized spacial score (nSPS) is 18.7. The molecule has 0 saturated heterocycles. The van der Waals surface area contributed by atoms with Gasteiger partial charge in [-0.05, 0) is 35.8 Å². The molecule has 1 fully saturated rings. The van der Waals surface area contributed by atoms with Crippen LogP contribution in [0, 0.1) is 0 Å². The first-order valence-electron chi connectivity index (χ1n) is 8.32. The molecule has 2 aromatic carbocycles. The summed E-state index contributed by atoms with van der Waals surface area (Å²) in [5.41, 5.74) is 0.430. The van der Waals surface area contributed by atoms with Gasteiger partial charge in [0.25, 0.3) is 0 Å². The van der Waals surface area contributed by atoms with Crippen molar-refractivity contribution in [1.82, 2.24) is 4.72 Å². The molecule has 10 heteroatoms. The lowest BCUT2D eigenvalue weighted by atomic mass is 10.1. The summed E-state index contributed by atoms with van der Waals surface area (Å²) in [6.45, 7) is 0. The highest BCUT2D eigenvalue weighted by atomic mass is 32.2. The molecule has 0 aromatic heterocycles. The van der Waals surface area contributed by atoms with Gasteiger partial charge in [0, 0.05) is 17.4 Å². The Balaban J connectivity index is 0.000000687. The summed E-state index contributed by atoms with van der Waals surface area (Å²) in [6, 6.07) is 13.9. The first kappa shape index (κ1) is 22.4. The molecular formula is C19H18F3NO5S. The van der Waals surface area contributed by atoms with Crippen LogP contribution < -0.4 is 4.72 Å². The van der Waals surface area contributed by atoms with Crippen LogP contribution in [0.4, 0.5) is 18.0 Å². The minimum absolute atomic E-state index is 0.137. The van der Waals surface area contributed by atoms with Crippen LogP contribution in [-0.4, -0.2) is 30.8 Å². The van der Waals surface area contributed by atoms with E-state index in [1.54, 1.807) is 0 Å². The Bertz CT molecular complexity index is 971. The molecule has 3 rings (SSSR count). The summed E-state index contributed by atoms with van der Waals surface area (Å²) < 4.78 is 64.8. The third-order valence-corrected chi connectivity index (χ3v) is 5.11. The Kier molecular flexibility index (Phi) is 7.04. The van der Waals surface area contributed by atoms with Crippen molar-refractivity contribution in [2.24, 2.45) is 0 Å². The average Bonchev–Trinajstić information content (AvgIpc) is 3.38. The van der Waals surface area contributed by atoms with Crippen molar-refractivity contribution in [2.45, 2.75) is 24.6 Å². The van der Waals surface area contributed by atoms with Crippen LogP contribution >= 0.6 is 0 Å². The van der Waals surface area contributed by atoms with Crippen molar-refractivity contribution < 1.29 is 36.6 Å². The maximum atomic E-state index is 12.7. The van der Waals surface area contributed by atoms with Gasteiger partial charge in [0.05, 0.1) is 5.56 Å². The van der Waals surface area contributed by atoms with Crippen LogP contribution in [-0.2, 0) is 16.2 Å². The Morgan fingerprint density at radius 3 is 2.28 bits per heavy atom. The second-order valence-corrected chi connectivity index (χ2v) is 7.83. The maximum absolute atomic E-state index is 12.7. The topological polar surface area (TPSA) is 104 Å². The number of carboxylic acid groups (broad SMARTS) is 2. The van der Waals surface area contributed by atoms with E-state index in [0.29, 0.717) is 6.42 Å². The second-order valence-electron chi connectivity index (χ2n) is 6.23. The summed E-state index contributed by atoms with van der Waals surface area (Å²) in [5.74, 6) is 0.137. The van der Waals surface area contributed by atoms with E-state index in [9.17, 15) is 21.6 Å². The number of sulfonamides is 1. The largest absolute Gasteiger partial charge is 0.503 e. The quantitative estimate of drug-likeness (QED) is 0.655. The van der Waals surface area contributed by atoms with Crippen LogP contribution in [0.1, 0.15) is 29.0 Å². The SMILES string of the molecule is O=C(O)O.O=S(=O)(/C=C/c1cccc(C(F)(F)F)c1)N[C@H]1C[C@@H]1c1ccccc1. The molecule has 0 aliphatic heterocycles. The smallest absolute Gasteiger partial charge is 0.450 e. The molecule has 1 aliphatic carbocycles. The van der Waals surface area contributed by atoms with E-state index in [1.165, 1.54) is 12.1 Å². The van der Waals surface area contributed by atoms with Crippen molar-refractivity contribution in [3.05, 3.63) is 76.7 Å². The predicted molar refractivity (Wildman–Crippen MR) is 101 cm³/mol. The van der Waals surface area contributed by atoms with Gasteiger partial charge in [-0.25, -0.2) is 17.9 Å². The highest BCUT2D eigenvalue weighted by molar-refractivity contribution is 7.92. The number of halogens is 3. The van der Waals surface area contributed by atoms with E-state index >= 15 is 0 Å². The van der Waals surface area contributed by atoms with E-state index < -0.39 is 27.9 Å². The first-order valence-corrected chi connectivity index (χ1v) is 9.87. The molecule has 1 saturated carbocycles. The summed E-state index contributed by atoms with van der Waals surface area (Å²) in [7, 11) is -3.72. The van der Waals surface area contributed by atoms with Gasteiger partial charge < -0.3 is 10.2 Å². The average molecular weight is 429 g/mol. The molecule has 2 aromatic rings. The fourth-order valence-electron chi connectivity index (χ4n) is 2.63. The number of alkyl halides is 3. The minimum atomic E-state index is -4.46. The van der Waals surface area contributed by atoms with Crippen LogP contribution in [0.15, 0.2) is 60.0 Å². The Labute approximate surface area is 165 Å². The van der Waals surface area contributed by atoms with Crippen LogP contribution in [0.3, 0.4) is 0 Å². The lowest BCUT2D eigenvalue weighted by molar-refractivity contribution is -0.137. The molecule has 2 atom stereocenters. The molecular weight excluding hydrogens is 411 g/mol. The zero-order valence-electron chi connectivity index (χ0n) is 14.9. The molecule has 0 bridgehead atoms. The number of hydrogen-bond donors (Lipinski definition) is 3. The number of rotatable bonds is 5. The van der Waals surface area contributed by atoms with Crippen molar-refractivity contribution in [3.8, 4) is 0 Å². The molecule has 6 nitrogen and oxygen atoms in total. The van der Waals surface area contributed by atoms with Gasteiger partial charge in [0.15, 0.2) is 0 Å². The van der Waals surface area contributed by atoms with Crippen molar-refractivity contribution in [1.29, 1.82) is 0 Å². The van der Waals surface area contributed by atoms with Gasteiger partial charge >= 0.3 is 12.3 Å². The molecule has 0 unspecified atom stereocenters. The van der Waals surface area contributed by atoms with E-state index in [0.717, 1.165) is 29.2 Å². The number of carbonyl (C=O) groups is 1. The summed E-state index contributed by atoms with van der Waals surface area (Å²) >= 11 is 0. The molecule has 0 spiro atoms. The molecule has 29 heavy (non-hydrogen) atoms. The van der Waals surface area contributed by atoms with Crippen LogP contribution in [0.25, 0.3) is 6.08 Å². The third-order valence-electron chi connectivity index (χ3n) is 3.99. The van der Waals surface area contributed by atoms with Gasteiger partial charge in [-0.15, -0.1) is 0 Å². The monoisotopic (exact) mass is 429 g/mol. The number of benzene rings is 2. The van der Waals surface area contributed by atoms with Gasteiger partial charge in [-0.3, -0.25) is 0 Å². The zero-order valence-corrected chi connectivity index (χ0v) is 15.7. The zero-order chi connectivity index (χ0) is 21.7.